The van der Waals surface area contributed by atoms with Gasteiger partial charge in [0.25, 0.3) is 0 Å². The summed E-state index contributed by atoms with van der Waals surface area (Å²) in [6.07, 6.45) is 6.44. The Morgan fingerprint density at radius 2 is 2.00 bits per heavy atom. The monoisotopic (exact) mass is 198 g/mol. The number of rotatable bonds is 6. The summed E-state index contributed by atoms with van der Waals surface area (Å²) in [7, 11) is 0. The van der Waals surface area contributed by atoms with Crippen molar-refractivity contribution in [3.63, 3.8) is 0 Å². The predicted molar refractivity (Wildman–Crippen MR) is 59.0 cm³/mol. The highest BCUT2D eigenvalue weighted by Crippen LogP contribution is 2.07. The summed E-state index contributed by atoms with van der Waals surface area (Å²) in [6.45, 7) is 8.52. The normalized spacial score (nSPS) is 13.5. The van der Waals surface area contributed by atoms with Gasteiger partial charge in [0.15, 0.2) is 0 Å². The maximum atomic E-state index is 10.5. The lowest BCUT2D eigenvalue weighted by Crippen LogP contribution is -2.03. The van der Waals surface area contributed by atoms with Gasteiger partial charge in [-0.15, -0.1) is 0 Å². The van der Waals surface area contributed by atoms with E-state index in [0.29, 0.717) is 18.4 Å². The summed E-state index contributed by atoms with van der Waals surface area (Å²) >= 11 is 0. The molecule has 0 aromatic rings. The summed E-state index contributed by atoms with van der Waals surface area (Å²) in [5, 5.41) is 0. The minimum Gasteiger partial charge on any atom is -0.466 e. The Bertz CT molecular complexity index is 183. The van der Waals surface area contributed by atoms with E-state index in [-0.39, 0.29) is 5.97 Å². The summed E-state index contributed by atoms with van der Waals surface area (Å²) in [5.41, 5.74) is 0. The first-order valence-corrected chi connectivity index (χ1v) is 5.32. The first-order valence-electron chi connectivity index (χ1n) is 5.32. The molecule has 2 heteroatoms. The van der Waals surface area contributed by atoms with Crippen LogP contribution in [-0.4, -0.2) is 12.6 Å². The number of carbonyl (C=O) groups is 1. The van der Waals surface area contributed by atoms with E-state index in [9.17, 15) is 4.79 Å². The van der Waals surface area contributed by atoms with Gasteiger partial charge in [-0.25, -0.2) is 0 Å². The van der Waals surface area contributed by atoms with Gasteiger partial charge in [-0.1, -0.05) is 32.9 Å². The maximum absolute atomic E-state index is 10.5. The minimum atomic E-state index is -0.191. The molecule has 0 rings (SSSR count). The van der Waals surface area contributed by atoms with Gasteiger partial charge in [0.1, 0.15) is 0 Å². The van der Waals surface area contributed by atoms with Gasteiger partial charge in [0.2, 0.25) is 0 Å². The van der Waals surface area contributed by atoms with Crippen LogP contribution in [0.4, 0.5) is 0 Å². The Labute approximate surface area is 87.3 Å². The van der Waals surface area contributed by atoms with Gasteiger partial charge in [-0.05, 0) is 24.7 Å². The molecule has 0 bridgehead atoms. The standard InChI is InChI=1S/C12H22O2/c1-10(2)6-5-7-11(3)8-9-14-12(4)13/h5,7,10-11H,6,8-9H2,1-4H3/b7-5+. The number of esters is 1. The lowest BCUT2D eigenvalue weighted by atomic mass is 10.1. The van der Waals surface area contributed by atoms with E-state index < -0.39 is 0 Å². The van der Waals surface area contributed by atoms with Crippen molar-refractivity contribution in [1.29, 1.82) is 0 Å². The van der Waals surface area contributed by atoms with Crippen molar-refractivity contribution in [2.45, 2.75) is 40.5 Å². The van der Waals surface area contributed by atoms with Gasteiger partial charge in [-0.2, -0.15) is 0 Å². The van der Waals surface area contributed by atoms with E-state index >= 15 is 0 Å². The summed E-state index contributed by atoms with van der Waals surface area (Å²) in [4.78, 5) is 10.5. The molecule has 1 unspecified atom stereocenters. The van der Waals surface area contributed by atoms with Crippen molar-refractivity contribution < 1.29 is 9.53 Å². The van der Waals surface area contributed by atoms with Crippen molar-refractivity contribution in [2.24, 2.45) is 11.8 Å². The minimum absolute atomic E-state index is 0.191. The molecule has 0 aliphatic rings. The van der Waals surface area contributed by atoms with E-state index in [1.54, 1.807) is 0 Å². The Morgan fingerprint density at radius 3 is 2.50 bits per heavy atom. The van der Waals surface area contributed by atoms with Crippen LogP contribution in [0.5, 0.6) is 0 Å². The Morgan fingerprint density at radius 1 is 1.36 bits per heavy atom. The van der Waals surface area contributed by atoms with E-state index in [0.717, 1.165) is 12.8 Å². The highest BCUT2D eigenvalue weighted by atomic mass is 16.5. The molecule has 0 N–H and O–H groups in total. The molecular weight excluding hydrogens is 176 g/mol. The number of hydrogen-bond donors (Lipinski definition) is 0. The van der Waals surface area contributed by atoms with E-state index in [1.165, 1.54) is 6.92 Å². The van der Waals surface area contributed by atoms with Crippen molar-refractivity contribution in [1.82, 2.24) is 0 Å². The van der Waals surface area contributed by atoms with Crippen LogP contribution >= 0.6 is 0 Å². The number of ether oxygens (including phenoxy) is 1. The summed E-state index contributed by atoms with van der Waals surface area (Å²) in [5.74, 6) is 1.02. The number of carbonyl (C=O) groups excluding carboxylic acids is 1. The second kappa shape index (κ2) is 7.60. The number of allylic oxidation sites excluding steroid dienone is 2. The molecule has 1 atom stereocenters. The largest absolute Gasteiger partial charge is 0.466 e. The molecule has 0 saturated heterocycles. The SMILES string of the molecule is CC(=O)OCCC(C)/C=C/CC(C)C. The molecule has 0 amide bonds. The molecule has 0 spiro atoms. The Kier molecular flexibility index (Phi) is 7.17. The highest BCUT2D eigenvalue weighted by Gasteiger charge is 1.99. The van der Waals surface area contributed by atoms with Gasteiger partial charge < -0.3 is 4.74 Å². The van der Waals surface area contributed by atoms with E-state index in [2.05, 4.69) is 32.9 Å². The van der Waals surface area contributed by atoms with Gasteiger partial charge in [0.05, 0.1) is 6.61 Å². The zero-order chi connectivity index (χ0) is 11.0. The molecule has 0 saturated carbocycles. The van der Waals surface area contributed by atoms with Gasteiger partial charge in [0, 0.05) is 6.92 Å². The van der Waals surface area contributed by atoms with Crippen molar-refractivity contribution in [3.8, 4) is 0 Å². The third kappa shape index (κ3) is 9.30. The number of hydrogen-bond acceptors (Lipinski definition) is 2. The Balaban J connectivity index is 3.49. The molecule has 0 fully saturated rings. The molecule has 2 nitrogen and oxygen atoms in total. The zero-order valence-corrected chi connectivity index (χ0v) is 9.75. The zero-order valence-electron chi connectivity index (χ0n) is 9.75. The van der Waals surface area contributed by atoms with Crippen LogP contribution in [0.15, 0.2) is 12.2 Å². The van der Waals surface area contributed by atoms with Crippen LogP contribution in [-0.2, 0) is 9.53 Å². The average Bonchev–Trinajstić information content (AvgIpc) is 2.02. The molecule has 82 valence electrons. The second-order valence-corrected chi connectivity index (χ2v) is 4.16. The lowest BCUT2D eigenvalue weighted by molar-refractivity contribution is -0.141. The van der Waals surface area contributed by atoms with Gasteiger partial charge in [-0.3, -0.25) is 4.79 Å². The third-order valence-corrected chi connectivity index (χ3v) is 1.95. The molecule has 0 heterocycles. The highest BCUT2D eigenvalue weighted by molar-refractivity contribution is 5.65. The lowest BCUT2D eigenvalue weighted by Gasteiger charge is -2.06. The smallest absolute Gasteiger partial charge is 0.302 e. The summed E-state index contributed by atoms with van der Waals surface area (Å²) < 4.78 is 4.87. The van der Waals surface area contributed by atoms with Gasteiger partial charge >= 0.3 is 5.97 Å². The summed E-state index contributed by atoms with van der Waals surface area (Å²) in [6, 6.07) is 0. The third-order valence-electron chi connectivity index (χ3n) is 1.95. The average molecular weight is 198 g/mol. The van der Waals surface area contributed by atoms with Crippen LogP contribution in [0, 0.1) is 11.8 Å². The van der Waals surface area contributed by atoms with Crippen LogP contribution in [0.2, 0.25) is 0 Å². The molecule has 0 aliphatic heterocycles. The fourth-order valence-electron chi connectivity index (χ4n) is 1.07. The van der Waals surface area contributed by atoms with Crippen LogP contribution in [0.3, 0.4) is 0 Å². The quantitative estimate of drug-likeness (QED) is 0.484. The van der Waals surface area contributed by atoms with E-state index in [4.69, 9.17) is 4.74 Å². The second-order valence-electron chi connectivity index (χ2n) is 4.16. The molecule has 0 radical (unpaired) electrons. The van der Waals surface area contributed by atoms with Crippen LogP contribution < -0.4 is 0 Å². The first-order chi connectivity index (χ1) is 6.52. The first kappa shape index (κ1) is 13.2. The topological polar surface area (TPSA) is 26.3 Å². The molecule has 14 heavy (non-hydrogen) atoms. The van der Waals surface area contributed by atoms with Crippen LogP contribution in [0.1, 0.15) is 40.5 Å². The van der Waals surface area contributed by atoms with E-state index in [1.807, 2.05) is 0 Å². The van der Waals surface area contributed by atoms with Crippen LogP contribution in [0.25, 0.3) is 0 Å². The molecule has 0 aromatic heterocycles. The molecule has 0 aliphatic carbocycles. The van der Waals surface area contributed by atoms with Crippen molar-refractivity contribution >= 4 is 5.97 Å². The maximum Gasteiger partial charge on any atom is 0.302 e. The molecule has 0 aromatic carbocycles. The molecular formula is C12H22O2. The Hall–Kier alpha value is -0.790. The van der Waals surface area contributed by atoms with Crippen molar-refractivity contribution in [3.05, 3.63) is 12.2 Å². The fraction of sp³-hybridized carbons (Fsp3) is 0.750. The predicted octanol–water partition coefficient (Wildman–Crippen LogP) is 3.18. The van der Waals surface area contributed by atoms with Crippen molar-refractivity contribution in [2.75, 3.05) is 6.61 Å². The fourth-order valence-corrected chi connectivity index (χ4v) is 1.07.